The Morgan fingerprint density at radius 3 is 2.38 bits per heavy atom. The molecule has 1 atom stereocenters. The third-order valence-corrected chi connectivity index (χ3v) is 3.64. The highest BCUT2D eigenvalue weighted by atomic mass is 19.3. The topological polar surface area (TPSA) is 21.3 Å². The van der Waals surface area contributed by atoms with Crippen LogP contribution in [0.25, 0.3) is 0 Å². The summed E-state index contributed by atoms with van der Waals surface area (Å²) in [5.74, 6) is 0. The number of halogens is 2. The van der Waals surface area contributed by atoms with Crippen molar-refractivity contribution in [2.75, 3.05) is 19.8 Å². The molecule has 0 fully saturated rings. The monoisotopic (exact) mass is 299 g/mol. The van der Waals surface area contributed by atoms with E-state index in [1.165, 1.54) is 16.7 Å². The van der Waals surface area contributed by atoms with Crippen LogP contribution in [0.1, 0.15) is 49.9 Å². The van der Waals surface area contributed by atoms with Gasteiger partial charge in [-0.2, -0.15) is 0 Å². The lowest BCUT2D eigenvalue weighted by atomic mass is 9.95. The molecule has 2 nitrogen and oxygen atoms in total. The van der Waals surface area contributed by atoms with Crippen molar-refractivity contribution in [3.05, 3.63) is 34.9 Å². The van der Waals surface area contributed by atoms with Gasteiger partial charge in [0.2, 0.25) is 0 Å². The van der Waals surface area contributed by atoms with Crippen LogP contribution in [0.3, 0.4) is 0 Å². The summed E-state index contributed by atoms with van der Waals surface area (Å²) in [7, 11) is 0. The van der Waals surface area contributed by atoms with E-state index < -0.39 is 13.0 Å². The molecule has 1 N–H and O–H groups in total. The van der Waals surface area contributed by atoms with Crippen LogP contribution in [0.15, 0.2) is 18.2 Å². The molecule has 0 amide bonds. The van der Waals surface area contributed by atoms with Gasteiger partial charge in [0.05, 0.1) is 0 Å². The summed E-state index contributed by atoms with van der Waals surface area (Å²) in [6.07, 6.45) is 0.359. The van der Waals surface area contributed by atoms with Crippen molar-refractivity contribution in [2.45, 2.75) is 52.5 Å². The van der Waals surface area contributed by atoms with Gasteiger partial charge in [0.1, 0.15) is 6.61 Å². The highest BCUT2D eigenvalue weighted by molar-refractivity contribution is 5.33. The van der Waals surface area contributed by atoms with Crippen LogP contribution < -0.4 is 5.32 Å². The van der Waals surface area contributed by atoms with Crippen molar-refractivity contribution in [3.63, 3.8) is 0 Å². The van der Waals surface area contributed by atoms with E-state index >= 15 is 0 Å². The number of rotatable bonds is 10. The van der Waals surface area contributed by atoms with Gasteiger partial charge >= 0.3 is 0 Å². The van der Waals surface area contributed by atoms with Crippen LogP contribution >= 0.6 is 0 Å². The number of ether oxygens (including phenoxy) is 1. The molecular weight excluding hydrogens is 272 g/mol. The SMILES string of the molecule is CCNC(CCOCC(F)F)c1ccc(CC)c(CC)c1. The first-order valence-electron chi connectivity index (χ1n) is 7.83. The van der Waals surface area contributed by atoms with Gasteiger partial charge < -0.3 is 10.1 Å². The predicted molar refractivity (Wildman–Crippen MR) is 83.1 cm³/mol. The summed E-state index contributed by atoms with van der Waals surface area (Å²) in [6, 6.07) is 6.71. The van der Waals surface area contributed by atoms with Gasteiger partial charge in [-0.25, -0.2) is 8.78 Å². The molecule has 0 aromatic heterocycles. The van der Waals surface area contributed by atoms with E-state index in [0.29, 0.717) is 13.0 Å². The summed E-state index contributed by atoms with van der Waals surface area (Å²) < 4.78 is 29.1. The van der Waals surface area contributed by atoms with Crippen molar-refractivity contribution < 1.29 is 13.5 Å². The van der Waals surface area contributed by atoms with Crippen molar-refractivity contribution in [1.82, 2.24) is 5.32 Å². The molecule has 1 rings (SSSR count). The Hall–Kier alpha value is -1.00. The highest BCUT2D eigenvalue weighted by Crippen LogP contribution is 2.21. The summed E-state index contributed by atoms with van der Waals surface area (Å²) in [5, 5.41) is 3.41. The minimum atomic E-state index is -2.39. The first kappa shape index (κ1) is 18.1. The molecule has 4 heteroatoms. The first-order chi connectivity index (χ1) is 10.1. The van der Waals surface area contributed by atoms with Crippen LogP contribution in [-0.4, -0.2) is 26.2 Å². The zero-order valence-electron chi connectivity index (χ0n) is 13.3. The van der Waals surface area contributed by atoms with E-state index in [0.717, 1.165) is 19.4 Å². The number of nitrogens with one attached hydrogen (secondary N) is 1. The third kappa shape index (κ3) is 6.10. The molecule has 0 bridgehead atoms. The number of hydrogen-bond acceptors (Lipinski definition) is 2. The Balaban J connectivity index is 2.70. The summed E-state index contributed by atoms with van der Waals surface area (Å²) >= 11 is 0. The summed E-state index contributed by atoms with van der Waals surface area (Å²) in [5.41, 5.74) is 3.96. The molecule has 0 saturated carbocycles. The molecule has 1 unspecified atom stereocenters. The zero-order valence-corrected chi connectivity index (χ0v) is 13.3. The van der Waals surface area contributed by atoms with Crippen LogP contribution in [0.4, 0.5) is 8.78 Å². The lowest BCUT2D eigenvalue weighted by Gasteiger charge is -2.20. The molecule has 0 radical (unpaired) electrons. The van der Waals surface area contributed by atoms with E-state index in [9.17, 15) is 8.78 Å². The Bertz CT molecular complexity index is 410. The molecule has 0 saturated heterocycles. The first-order valence-corrected chi connectivity index (χ1v) is 7.83. The number of aryl methyl sites for hydroxylation is 2. The molecule has 1 aromatic carbocycles. The Kier molecular flexibility index (Phi) is 8.47. The second kappa shape index (κ2) is 9.85. The van der Waals surface area contributed by atoms with Gasteiger partial charge in [0, 0.05) is 12.6 Å². The Labute approximate surface area is 126 Å². The maximum absolute atomic E-state index is 12.1. The fourth-order valence-corrected chi connectivity index (χ4v) is 2.54. The summed E-state index contributed by atoms with van der Waals surface area (Å²) in [4.78, 5) is 0. The molecule has 0 aliphatic carbocycles. The molecule has 21 heavy (non-hydrogen) atoms. The fourth-order valence-electron chi connectivity index (χ4n) is 2.54. The second-order valence-electron chi connectivity index (χ2n) is 5.10. The van der Waals surface area contributed by atoms with Crippen molar-refractivity contribution in [2.24, 2.45) is 0 Å². The predicted octanol–water partition coefficient (Wildman–Crippen LogP) is 4.13. The lowest BCUT2D eigenvalue weighted by molar-refractivity contribution is 0.0144. The highest BCUT2D eigenvalue weighted by Gasteiger charge is 2.12. The van der Waals surface area contributed by atoms with Gasteiger partial charge in [-0.15, -0.1) is 0 Å². The van der Waals surface area contributed by atoms with E-state index in [-0.39, 0.29) is 6.04 Å². The molecule has 0 heterocycles. The number of benzene rings is 1. The van der Waals surface area contributed by atoms with E-state index in [1.807, 2.05) is 6.92 Å². The van der Waals surface area contributed by atoms with Crippen LogP contribution in [0, 0.1) is 0 Å². The standard InChI is InChI=1S/C17H27F2NO/c1-4-13-7-8-15(11-14(13)5-2)16(20-6-3)9-10-21-12-17(18)19/h7-8,11,16-17,20H,4-6,9-10,12H2,1-3H3. The normalized spacial score (nSPS) is 12.9. The van der Waals surface area contributed by atoms with E-state index in [4.69, 9.17) is 4.74 Å². The average Bonchev–Trinajstić information content (AvgIpc) is 2.49. The van der Waals surface area contributed by atoms with Crippen molar-refractivity contribution in [3.8, 4) is 0 Å². The molecule has 0 aliphatic heterocycles. The maximum Gasteiger partial charge on any atom is 0.261 e. The molecular formula is C17H27F2NO. The molecule has 1 aromatic rings. The smallest absolute Gasteiger partial charge is 0.261 e. The average molecular weight is 299 g/mol. The molecule has 0 aliphatic rings. The minimum Gasteiger partial charge on any atom is -0.375 e. The Morgan fingerprint density at radius 2 is 1.81 bits per heavy atom. The van der Waals surface area contributed by atoms with Gasteiger partial charge in [-0.05, 0) is 42.5 Å². The van der Waals surface area contributed by atoms with Crippen LogP contribution in [0.5, 0.6) is 0 Å². The van der Waals surface area contributed by atoms with Crippen molar-refractivity contribution >= 4 is 0 Å². The van der Waals surface area contributed by atoms with Crippen LogP contribution in [-0.2, 0) is 17.6 Å². The largest absolute Gasteiger partial charge is 0.375 e. The van der Waals surface area contributed by atoms with E-state index in [1.54, 1.807) is 0 Å². The zero-order chi connectivity index (χ0) is 15.7. The fraction of sp³-hybridized carbons (Fsp3) is 0.647. The number of hydrogen-bond donors (Lipinski definition) is 1. The Morgan fingerprint density at radius 1 is 1.10 bits per heavy atom. The van der Waals surface area contributed by atoms with Gasteiger partial charge in [0.25, 0.3) is 6.43 Å². The molecule has 120 valence electrons. The number of alkyl halides is 2. The summed E-state index contributed by atoms with van der Waals surface area (Å²) in [6.45, 7) is 7.08. The van der Waals surface area contributed by atoms with Gasteiger partial charge in [0.15, 0.2) is 0 Å². The van der Waals surface area contributed by atoms with E-state index in [2.05, 4.69) is 37.4 Å². The minimum absolute atomic E-state index is 0.156. The van der Waals surface area contributed by atoms with Gasteiger partial charge in [-0.3, -0.25) is 0 Å². The lowest BCUT2D eigenvalue weighted by Crippen LogP contribution is -2.23. The van der Waals surface area contributed by atoms with Crippen LogP contribution in [0.2, 0.25) is 0 Å². The maximum atomic E-state index is 12.1. The molecule has 0 spiro atoms. The second-order valence-corrected chi connectivity index (χ2v) is 5.10. The third-order valence-electron chi connectivity index (χ3n) is 3.64. The quantitative estimate of drug-likeness (QED) is 0.656. The van der Waals surface area contributed by atoms with Gasteiger partial charge in [-0.1, -0.05) is 39.0 Å². The van der Waals surface area contributed by atoms with Crippen molar-refractivity contribution in [1.29, 1.82) is 0 Å².